The molecule has 3 nitrogen and oxygen atoms in total. The third-order valence-corrected chi connectivity index (χ3v) is 4.34. The SMILES string of the molecule is Cc1ccc([C@H](c2ccc(OC(F)(F)F)cc2)N2CCNCC2)cc1. The maximum absolute atomic E-state index is 12.4. The predicted octanol–water partition coefficient (Wildman–Crippen LogP) is 3.89. The van der Waals surface area contributed by atoms with Gasteiger partial charge in [-0.05, 0) is 30.2 Å². The van der Waals surface area contributed by atoms with Crippen molar-refractivity contribution in [1.82, 2.24) is 10.2 Å². The van der Waals surface area contributed by atoms with E-state index in [2.05, 4.69) is 39.2 Å². The number of aryl methyl sites for hydroxylation is 1. The van der Waals surface area contributed by atoms with Gasteiger partial charge >= 0.3 is 6.36 Å². The summed E-state index contributed by atoms with van der Waals surface area (Å²) >= 11 is 0. The topological polar surface area (TPSA) is 24.5 Å². The summed E-state index contributed by atoms with van der Waals surface area (Å²) in [6, 6.07) is 14.5. The molecular formula is C19H21F3N2O. The lowest BCUT2D eigenvalue weighted by atomic mass is 9.95. The van der Waals surface area contributed by atoms with Crippen molar-refractivity contribution in [3.05, 3.63) is 65.2 Å². The Morgan fingerprint density at radius 2 is 1.44 bits per heavy atom. The van der Waals surface area contributed by atoms with Gasteiger partial charge in [-0.25, -0.2) is 0 Å². The first-order valence-electron chi connectivity index (χ1n) is 8.29. The van der Waals surface area contributed by atoms with Crippen LogP contribution in [0.5, 0.6) is 5.75 Å². The van der Waals surface area contributed by atoms with Crippen LogP contribution in [0.25, 0.3) is 0 Å². The summed E-state index contributed by atoms with van der Waals surface area (Å²) in [5, 5.41) is 3.33. The van der Waals surface area contributed by atoms with Gasteiger partial charge in [0.1, 0.15) is 5.75 Å². The minimum atomic E-state index is -4.67. The van der Waals surface area contributed by atoms with Crippen molar-refractivity contribution in [3.63, 3.8) is 0 Å². The van der Waals surface area contributed by atoms with E-state index in [9.17, 15) is 13.2 Å². The summed E-state index contributed by atoms with van der Waals surface area (Å²) in [5.41, 5.74) is 3.27. The smallest absolute Gasteiger partial charge is 0.406 e. The molecule has 0 saturated carbocycles. The monoisotopic (exact) mass is 350 g/mol. The van der Waals surface area contributed by atoms with Crippen LogP contribution >= 0.6 is 0 Å². The summed E-state index contributed by atoms with van der Waals surface area (Å²) in [5.74, 6) is -0.195. The number of alkyl halides is 3. The van der Waals surface area contributed by atoms with E-state index >= 15 is 0 Å². The molecule has 2 aromatic carbocycles. The van der Waals surface area contributed by atoms with Crippen molar-refractivity contribution in [1.29, 1.82) is 0 Å². The van der Waals surface area contributed by atoms with E-state index in [0.717, 1.165) is 37.3 Å². The summed E-state index contributed by atoms with van der Waals surface area (Å²) in [7, 11) is 0. The lowest BCUT2D eigenvalue weighted by molar-refractivity contribution is -0.274. The van der Waals surface area contributed by atoms with Crippen molar-refractivity contribution >= 4 is 0 Å². The molecule has 1 N–H and O–H groups in total. The fourth-order valence-corrected chi connectivity index (χ4v) is 3.15. The highest BCUT2D eigenvalue weighted by molar-refractivity contribution is 5.36. The molecule has 0 aliphatic carbocycles. The minimum Gasteiger partial charge on any atom is -0.406 e. The maximum Gasteiger partial charge on any atom is 0.573 e. The number of hydrogen-bond acceptors (Lipinski definition) is 3. The van der Waals surface area contributed by atoms with Gasteiger partial charge in [0.2, 0.25) is 0 Å². The molecule has 1 fully saturated rings. The molecule has 3 rings (SSSR count). The minimum absolute atomic E-state index is 0.0163. The highest BCUT2D eigenvalue weighted by Crippen LogP contribution is 2.31. The van der Waals surface area contributed by atoms with Crippen LogP contribution in [0, 0.1) is 6.92 Å². The molecular weight excluding hydrogens is 329 g/mol. The molecule has 1 saturated heterocycles. The van der Waals surface area contributed by atoms with Crippen LogP contribution in [0.4, 0.5) is 13.2 Å². The second kappa shape index (κ2) is 7.45. The van der Waals surface area contributed by atoms with Crippen molar-refractivity contribution in [3.8, 4) is 5.75 Å². The Morgan fingerprint density at radius 3 is 1.96 bits per heavy atom. The Bertz CT molecular complexity index is 677. The van der Waals surface area contributed by atoms with Gasteiger partial charge in [0, 0.05) is 26.2 Å². The number of piperazine rings is 1. The fraction of sp³-hybridized carbons (Fsp3) is 0.368. The third kappa shape index (κ3) is 4.74. The Morgan fingerprint density at radius 1 is 0.920 bits per heavy atom. The summed E-state index contributed by atoms with van der Waals surface area (Å²) in [6.07, 6.45) is -4.67. The molecule has 6 heteroatoms. The first kappa shape index (κ1) is 17.8. The molecule has 0 amide bonds. The summed E-state index contributed by atoms with van der Waals surface area (Å²) in [4.78, 5) is 2.35. The largest absolute Gasteiger partial charge is 0.573 e. The molecule has 1 aliphatic rings. The quantitative estimate of drug-likeness (QED) is 0.905. The van der Waals surface area contributed by atoms with E-state index < -0.39 is 6.36 Å². The first-order valence-corrected chi connectivity index (χ1v) is 8.29. The molecule has 1 aliphatic heterocycles. The van der Waals surface area contributed by atoms with Gasteiger partial charge in [-0.15, -0.1) is 13.2 Å². The van der Waals surface area contributed by atoms with Gasteiger partial charge in [-0.2, -0.15) is 0 Å². The number of benzene rings is 2. The Hall–Kier alpha value is -2.05. The highest BCUT2D eigenvalue weighted by Gasteiger charge is 2.31. The summed E-state index contributed by atoms with van der Waals surface area (Å²) in [6.45, 7) is 5.61. The lowest BCUT2D eigenvalue weighted by Gasteiger charge is -2.35. The predicted molar refractivity (Wildman–Crippen MR) is 90.6 cm³/mol. The van der Waals surface area contributed by atoms with Crippen LogP contribution < -0.4 is 10.1 Å². The van der Waals surface area contributed by atoms with E-state index in [0.29, 0.717) is 0 Å². The summed E-state index contributed by atoms with van der Waals surface area (Å²) < 4.78 is 41.0. The maximum atomic E-state index is 12.4. The van der Waals surface area contributed by atoms with Gasteiger partial charge in [0.25, 0.3) is 0 Å². The zero-order chi connectivity index (χ0) is 17.9. The first-order chi connectivity index (χ1) is 11.9. The van der Waals surface area contributed by atoms with Gasteiger partial charge in [-0.1, -0.05) is 42.0 Å². The fourth-order valence-electron chi connectivity index (χ4n) is 3.15. The standard InChI is InChI=1S/C19H21F3N2O/c1-14-2-4-15(5-3-14)18(24-12-10-23-11-13-24)16-6-8-17(9-7-16)25-19(20,21)22/h2-9,18,23H,10-13H2,1H3/t18-/m1/s1. The third-order valence-electron chi connectivity index (χ3n) is 4.34. The Balaban J connectivity index is 1.89. The van der Waals surface area contributed by atoms with Crippen LogP contribution in [0.15, 0.2) is 48.5 Å². The van der Waals surface area contributed by atoms with Crippen molar-refractivity contribution in [2.75, 3.05) is 26.2 Å². The second-order valence-corrected chi connectivity index (χ2v) is 6.22. The van der Waals surface area contributed by atoms with Crippen molar-refractivity contribution < 1.29 is 17.9 Å². The Kier molecular flexibility index (Phi) is 5.30. The average Bonchev–Trinajstić information content (AvgIpc) is 2.58. The number of hydrogen-bond donors (Lipinski definition) is 1. The number of ether oxygens (including phenoxy) is 1. The van der Waals surface area contributed by atoms with Crippen molar-refractivity contribution in [2.24, 2.45) is 0 Å². The van der Waals surface area contributed by atoms with Crippen LogP contribution in [0.2, 0.25) is 0 Å². The molecule has 1 atom stereocenters. The van der Waals surface area contributed by atoms with Gasteiger partial charge in [-0.3, -0.25) is 4.90 Å². The van der Waals surface area contributed by atoms with Gasteiger partial charge in [0.05, 0.1) is 6.04 Å². The zero-order valence-corrected chi connectivity index (χ0v) is 14.0. The van der Waals surface area contributed by atoms with Crippen LogP contribution in [-0.2, 0) is 0 Å². The number of nitrogens with one attached hydrogen (secondary N) is 1. The van der Waals surface area contributed by atoms with E-state index in [4.69, 9.17) is 0 Å². The normalized spacial score (nSPS) is 17.3. The van der Waals surface area contributed by atoms with E-state index in [-0.39, 0.29) is 11.8 Å². The van der Waals surface area contributed by atoms with Crippen LogP contribution in [0.1, 0.15) is 22.7 Å². The second-order valence-electron chi connectivity index (χ2n) is 6.22. The molecule has 2 aromatic rings. The average molecular weight is 350 g/mol. The molecule has 0 radical (unpaired) electrons. The van der Waals surface area contributed by atoms with Crippen LogP contribution in [-0.4, -0.2) is 37.4 Å². The number of nitrogens with zero attached hydrogens (tertiary/aromatic N) is 1. The molecule has 0 spiro atoms. The Labute approximate surface area is 145 Å². The van der Waals surface area contributed by atoms with Gasteiger partial charge < -0.3 is 10.1 Å². The molecule has 1 heterocycles. The number of halogens is 3. The molecule has 25 heavy (non-hydrogen) atoms. The zero-order valence-electron chi connectivity index (χ0n) is 14.0. The van der Waals surface area contributed by atoms with E-state index in [1.807, 2.05) is 6.92 Å². The highest BCUT2D eigenvalue weighted by atomic mass is 19.4. The van der Waals surface area contributed by atoms with E-state index in [1.165, 1.54) is 17.7 Å². The van der Waals surface area contributed by atoms with Gasteiger partial charge in [0.15, 0.2) is 0 Å². The molecule has 0 aromatic heterocycles. The lowest BCUT2D eigenvalue weighted by Crippen LogP contribution is -2.45. The van der Waals surface area contributed by atoms with E-state index in [1.54, 1.807) is 12.1 Å². The van der Waals surface area contributed by atoms with Crippen molar-refractivity contribution in [2.45, 2.75) is 19.3 Å². The molecule has 0 bridgehead atoms. The molecule has 0 unspecified atom stereocenters. The van der Waals surface area contributed by atoms with Crippen LogP contribution in [0.3, 0.4) is 0 Å². The molecule has 134 valence electrons. The number of rotatable bonds is 4.